The van der Waals surface area contributed by atoms with Gasteiger partial charge in [0, 0.05) is 5.92 Å². The van der Waals surface area contributed by atoms with E-state index in [4.69, 9.17) is 4.52 Å². The quantitative estimate of drug-likeness (QED) is 0.514. The summed E-state index contributed by atoms with van der Waals surface area (Å²) in [5.74, 6) is 1.47. The zero-order chi connectivity index (χ0) is 6.85. The molecule has 1 rings (SSSR count). The van der Waals surface area contributed by atoms with Gasteiger partial charge in [0.15, 0.2) is 0 Å². The smallest absolute Gasteiger partial charge is 0.295 e. The Labute approximate surface area is 62.7 Å². The van der Waals surface area contributed by atoms with Gasteiger partial charge in [-0.2, -0.15) is 0 Å². The maximum Gasteiger partial charge on any atom is 0.295 e. The van der Waals surface area contributed by atoms with Gasteiger partial charge in [0.05, 0.1) is 0 Å². The predicted molar refractivity (Wildman–Crippen MR) is 38.8 cm³/mol. The van der Waals surface area contributed by atoms with E-state index in [1.54, 1.807) is 0 Å². The minimum atomic E-state index is 0.472. The molecule has 0 unspecified atom stereocenters. The average molecular weight is 139 g/mol. The third-order valence-electron chi connectivity index (χ3n) is 1.22. The van der Waals surface area contributed by atoms with Crippen LogP contribution in [0.3, 0.4) is 0 Å². The maximum atomic E-state index is 5.01. The van der Waals surface area contributed by atoms with E-state index in [1.165, 1.54) is 0 Å². The minimum absolute atomic E-state index is 0.472. The number of hydrogen-bond acceptors (Lipinski definition) is 2. The van der Waals surface area contributed by atoms with E-state index in [9.17, 15) is 0 Å². The predicted octanol–water partition coefficient (Wildman–Crippen LogP) is 0.0564. The summed E-state index contributed by atoms with van der Waals surface area (Å²) in [6, 6.07) is 2.02. The van der Waals surface area contributed by atoms with Crippen LogP contribution < -0.4 is 4.56 Å². The van der Waals surface area contributed by atoms with Crippen molar-refractivity contribution in [2.24, 2.45) is 0 Å². The molecule has 0 atom stereocenters. The molecule has 0 spiro atoms. The molecule has 0 fully saturated rings. The van der Waals surface area contributed by atoms with Gasteiger partial charge in [-0.15, -0.1) is 5.16 Å². The Morgan fingerprint density at radius 2 is 2.33 bits per heavy atom. The van der Waals surface area contributed by atoms with E-state index in [1.807, 2.05) is 6.07 Å². The molecule has 0 aromatic carbocycles. The Bertz CT molecular complexity index is 195. The summed E-state index contributed by atoms with van der Waals surface area (Å²) in [5.41, 5.74) is 0. The van der Waals surface area contributed by atoms with Crippen LogP contribution in [0.2, 0.25) is 0 Å². The van der Waals surface area contributed by atoms with Gasteiger partial charge >= 0.3 is 0 Å². The van der Waals surface area contributed by atoms with Crippen molar-refractivity contribution >= 4 is 20.8 Å². The zero-order valence-electron chi connectivity index (χ0n) is 6.01. The zero-order valence-corrected chi connectivity index (χ0v) is 8.01. The Balaban J connectivity index is 2.85. The Hall–Kier alpha value is -0.258. The molecular formula is C6H10AlNO. The molecule has 0 aliphatic carbocycles. The monoisotopic (exact) mass is 139 g/mol. The van der Waals surface area contributed by atoms with E-state index in [2.05, 4.69) is 19.0 Å². The molecule has 0 saturated carbocycles. The van der Waals surface area contributed by atoms with E-state index >= 15 is 0 Å². The fourth-order valence-corrected chi connectivity index (χ4v) is 1.03. The molecule has 1 heterocycles. The molecule has 0 bridgehead atoms. The number of aromatic nitrogens is 1. The molecule has 0 saturated heterocycles. The van der Waals surface area contributed by atoms with Crippen molar-refractivity contribution in [3.05, 3.63) is 11.8 Å². The summed E-state index contributed by atoms with van der Waals surface area (Å²) in [6.07, 6.45) is 0. The topological polar surface area (TPSA) is 26.0 Å². The second kappa shape index (κ2) is 2.55. The van der Waals surface area contributed by atoms with Gasteiger partial charge in [0.1, 0.15) is 5.76 Å². The van der Waals surface area contributed by atoms with E-state index in [0.717, 1.165) is 26.6 Å². The molecule has 0 N–H and O–H groups in total. The fraction of sp³-hybridized carbons (Fsp3) is 0.500. The molecule has 0 aliphatic rings. The van der Waals surface area contributed by atoms with E-state index in [0.29, 0.717) is 5.92 Å². The highest BCUT2D eigenvalue weighted by molar-refractivity contribution is 6.30. The van der Waals surface area contributed by atoms with Crippen LogP contribution in [0.5, 0.6) is 0 Å². The van der Waals surface area contributed by atoms with Gasteiger partial charge in [-0.3, -0.25) is 0 Å². The third-order valence-corrected chi connectivity index (χ3v) is 1.69. The van der Waals surface area contributed by atoms with Gasteiger partial charge in [0.2, 0.25) is 0 Å². The SMILES string of the molecule is CC(C)c1c[c]([AlH2])no1. The van der Waals surface area contributed by atoms with Crippen molar-refractivity contribution in [2.75, 3.05) is 0 Å². The van der Waals surface area contributed by atoms with Crippen LogP contribution in [-0.4, -0.2) is 21.4 Å². The normalized spacial score (nSPS) is 10.6. The molecule has 48 valence electrons. The molecular weight excluding hydrogens is 129 g/mol. The van der Waals surface area contributed by atoms with Crippen LogP contribution in [0.1, 0.15) is 25.5 Å². The lowest BCUT2D eigenvalue weighted by Gasteiger charge is -1.93. The summed E-state index contributed by atoms with van der Waals surface area (Å²) in [7, 11) is 0. The molecule has 0 aliphatic heterocycles. The summed E-state index contributed by atoms with van der Waals surface area (Å²) < 4.78 is 6.11. The van der Waals surface area contributed by atoms with Crippen LogP contribution in [0.15, 0.2) is 10.6 Å². The molecule has 1 aromatic rings. The standard InChI is InChI=1S/C6H8NO.Al.2H/c1-5(2)6-3-4-7-8-6;;;/h3,5H,1-2H3;;;. The van der Waals surface area contributed by atoms with Crippen molar-refractivity contribution in [2.45, 2.75) is 19.8 Å². The second-order valence-corrected chi connectivity index (χ2v) is 3.55. The molecule has 0 amide bonds. The fourth-order valence-electron chi connectivity index (χ4n) is 0.655. The first-order valence-electron chi connectivity index (χ1n) is 3.13. The second-order valence-electron chi connectivity index (χ2n) is 2.53. The lowest BCUT2D eigenvalue weighted by Crippen LogP contribution is -1.99. The van der Waals surface area contributed by atoms with Crippen LogP contribution in [0, 0.1) is 0 Å². The van der Waals surface area contributed by atoms with Gasteiger partial charge < -0.3 is 4.52 Å². The highest BCUT2D eigenvalue weighted by Gasteiger charge is 2.02. The maximum absolute atomic E-state index is 5.01. The van der Waals surface area contributed by atoms with E-state index < -0.39 is 0 Å². The lowest BCUT2D eigenvalue weighted by molar-refractivity contribution is 0.375. The Kier molecular flexibility index (Phi) is 1.94. The lowest BCUT2D eigenvalue weighted by atomic mass is 10.2. The van der Waals surface area contributed by atoms with Gasteiger partial charge in [-0.05, 0) is 10.6 Å². The number of rotatable bonds is 1. The molecule has 9 heavy (non-hydrogen) atoms. The molecule has 3 heteroatoms. The minimum Gasteiger partial charge on any atom is -0.363 e. The van der Waals surface area contributed by atoms with Crippen molar-refractivity contribution in [3.63, 3.8) is 0 Å². The Morgan fingerprint density at radius 3 is 2.56 bits per heavy atom. The summed E-state index contributed by atoms with van der Waals surface area (Å²) in [6.45, 7) is 4.20. The van der Waals surface area contributed by atoms with E-state index in [-0.39, 0.29) is 0 Å². The van der Waals surface area contributed by atoms with Crippen LogP contribution in [0.4, 0.5) is 0 Å². The third kappa shape index (κ3) is 1.57. The number of nitrogens with zero attached hydrogens (tertiary/aromatic N) is 1. The molecule has 1 aromatic heterocycles. The van der Waals surface area contributed by atoms with Crippen LogP contribution in [0.25, 0.3) is 0 Å². The molecule has 0 radical (unpaired) electrons. The van der Waals surface area contributed by atoms with Crippen molar-refractivity contribution in [1.29, 1.82) is 0 Å². The first kappa shape index (κ1) is 6.86. The van der Waals surface area contributed by atoms with Crippen molar-refractivity contribution in [3.8, 4) is 0 Å². The van der Waals surface area contributed by atoms with Gasteiger partial charge in [0.25, 0.3) is 16.3 Å². The summed E-state index contributed by atoms with van der Waals surface area (Å²) >= 11 is 0.986. The van der Waals surface area contributed by atoms with Crippen LogP contribution >= 0.6 is 0 Å². The highest BCUT2D eigenvalue weighted by atomic mass is 27.0. The number of hydrogen-bond donors (Lipinski definition) is 0. The first-order valence-corrected chi connectivity index (χ1v) is 4.13. The van der Waals surface area contributed by atoms with Crippen molar-refractivity contribution in [1.82, 2.24) is 5.16 Å². The largest absolute Gasteiger partial charge is 0.363 e. The van der Waals surface area contributed by atoms with Gasteiger partial charge in [-0.25, -0.2) is 0 Å². The van der Waals surface area contributed by atoms with Crippen LogP contribution in [-0.2, 0) is 0 Å². The Morgan fingerprint density at radius 1 is 1.67 bits per heavy atom. The van der Waals surface area contributed by atoms with Crippen molar-refractivity contribution < 1.29 is 4.52 Å². The summed E-state index contributed by atoms with van der Waals surface area (Å²) in [5, 5.41) is 3.82. The summed E-state index contributed by atoms with van der Waals surface area (Å²) in [4.78, 5) is 0. The first-order chi connectivity index (χ1) is 4.20. The average Bonchev–Trinajstić information content (AvgIpc) is 2.14. The highest BCUT2D eigenvalue weighted by Crippen LogP contribution is 2.09. The molecule has 2 nitrogen and oxygen atoms in total. The van der Waals surface area contributed by atoms with Gasteiger partial charge in [-0.1, -0.05) is 13.8 Å².